The van der Waals surface area contributed by atoms with Crippen LogP contribution in [0.1, 0.15) is 27.2 Å². The highest BCUT2D eigenvalue weighted by atomic mass is 32.2. The third-order valence-electron chi connectivity index (χ3n) is 2.54. The topological polar surface area (TPSA) is 80.9 Å². The molecule has 0 aliphatic rings. The van der Waals surface area contributed by atoms with Crippen LogP contribution in [0.3, 0.4) is 0 Å². The van der Waals surface area contributed by atoms with Gasteiger partial charge in [0.25, 0.3) is 0 Å². The molecule has 1 aromatic heterocycles. The second-order valence-corrected chi connectivity index (χ2v) is 5.75. The summed E-state index contributed by atoms with van der Waals surface area (Å²) in [6.07, 6.45) is 5.66. The molecule has 0 fully saturated rings. The molecule has 0 spiro atoms. The van der Waals surface area contributed by atoms with Crippen LogP contribution in [0.2, 0.25) is 0 Å². The summed E-state index contributed by atoms with van der Waals surface area (Å²) in [5.74, 6) is 0.439. The van der Waals surface area contributed by atoms with E-state index >= 15 is 0 Å². The first kappa shape index (κ1) is 14.9. The maximum Gasteiger partial charge on any atom is 0.237 e. The molecule has 0 radical (unpaired) electrons. The third-order valence-corrected chi connectivity index (χ3v) is 3.46. The van der Waals surface area contributed by atoms with Crippen LogP contribution in [0, 0.1) is 0 Å². The highest BCUT2D eigenvalue weighted by Crippen LogP contribution is 2.19. The largest absolute Gasteiger partial charge is 0.368 e. The van der Waals surface area contributed by atoms with Gasteiger partial charge in [0.2, 0.25) is 5.91 Å². The van der Waals surface area contributed by atoms with Crippen molar-refractivity contribution in [3.05, 3.63) is 18.6 Å². The van der Waals surface area contributed by atoms with Crippen LogP contribution in [-0.2, 0) is 4.79 Å². The van der Waals surface area contributed by atoms with Crippen LogP contribution < -0.4 is 11.1 Å². The molecule has 3 N–H and O–H groups in total. The summed E-state index contributed by atoms with van der Waals surface area (Å²) < 4.78 is 0. The molecule has 6 heteroatoms. The van der Waals surface area contributed by atoms with Gasteiger partial charge in [-0.15, -0.1) is 11.8 Å². The zero-order chi connectivity index (χ0) is 13.6. The second-order valence-electron chi connectivity index (χ2n) is 4.64. The Morgan fingerprint density at radius 2 is 2.28 bits per heavy atom. The van der Waals surface area contributed by atoms with Gasteiger partial charge in [0, 0.05) is 24.2 Å². The number of hydrogen-bond donors (Lipinski definition) is 2. The average molecular weight is 268 g/mol. The SMILES string of the molecule is CC(C)NC(C)(CCSc1cnccn1)C(N)=O. The Kier molecular flexibility index (Phi) is 5.55. The predicted octanol–water partition coefficient (Wildman–Crippen LogP) is 1.20. The summed E-state index contributed by atoms with van der Waals surface area (Å²) in [6, 6.07) is 0.212. The Bertz CT molecular complexity index is 385. The van der Waals surface area contributed by atoms with Crippen molar-refractivity contribution in [1.29, 1.82) is 0 Å². The van der Waals surface area contributed by atoms with E-state index in [1.165, 1.54) is 0 Å². The lowest BCUT2D eigenvalue weighted by molar-refractivity contribution is -0.124. The van der Waals surface area contributed by atoms with Crippen LogP contribution in [0.5, 0.6) is 0 Å². The molecular weight excluding hydrogens is 248 g/mol. The van der Waals surface area contributed by atoms with Crippen molar-refractivity contribution in [1.82, 2.24) is 15.3 Å². The lowest BCUT2D eigenvalue weighted by atomic mass is 9.97. The molecule has 18 heavy (non-hydrogen) atoms. The Morgan fingerprint density at radius 1 is 1.56 bits per heavy atom. The minimum absolute atomic E-state index is 0.212. The molecule has 5 nitrogen and oxygen atoms in total. The van der Waals surface area contributed by atoms with Gasteiger partial charge in [0.05, 0.1) is 11.7 Å². The van der Waals surface area contributed by atoms with Gasteiger partial charge in [-0.25, -0.2) is 4.98 Å². The van der Waals surface area contributed by atoms with E-state index in [0.717, 1.165) is 10.8 Å². The molecule has 1 unspecified atom stereocenters. The summed E-state index contributed by atoms with van der Waals surface area (Å²) in [4.78, 5) is 19.7. The highest BCUT2D eigenvalue weighted by molar-refractivity contribution is 7.99. The van der Waals surface area contributed by atoms with Crippen molar-refractivity contribution in [3.8, 4) is 0 Å². The van der Waals surface area contributed by atoms with Gasteiger partial charge in [-0.05, 0) is 27.2 Å². The van der Waals surface area contributed by atoms with E-state index in [4.69, 9.17) is 5.73 Å². The quantitative estimate of drug-likeness (QED) is 0.726. The number of rotatable bonds is 7. The molecule has 0 aliphatic heterocycles. The number of hydrogen-bond acceptors (Lipinski definition) is 5. The van der Waals surface area contributed by atoms with Crippen molar-refractivity contribution < 1.29 is 4.79 Å². The van der Waals surface area contributed by atoms with Gasteiger partial charge in [-0.1, -0.05) is 0 Å². The number of nitrogens with one attached hydrogen (secondary N) is 1. The fraction of sp³-hybridized carbons (Fsp3) is 0.583. The third kappa shape index (κ3) is 4.62. The van der Waals surface area contributed by atoms with Crippen LogP contribution in [0.25, 0.3) is 0 Å². The van der Waals surface area contributed by atoms with Crippen molar-refractivity contribution in [3.63, 3.8) is 0 Å². The molecule has 1 rings (SSSR count). The van der Waals surface area contributed by atoms with Gasteiger partial charge in [0.1, 0.15) is 5.03 Å². The Hall–Kier alpha value is -1.14. The van der Waals surface area contributed by atoms with E-state index in [1.54, 1.807) is 30.4 Å². The minimum Gasteiger partial charge on any atom is -0.368 e. The molecule has 100 valence electrons. The molecule has 0 aliphatic carbocycles. The molecule has 0 saturated heterocycles. The first-order chi connectivity index (χ1) is 8.44. The van der Waals surface area contributed by atoms with E-state index < -0.39 is 5.54 Å². The molecule has 0 saturated carbocycles. The molecule has 1 aromatic rings. The monoisotopic (exact) mass is 268 g/mol. The van der Waals surface area contributed by atoms with Crippen molar-refractivity contribution in [2.75, 3.05) is 5.75 Å². The Morgan fingerprint density at radius 3 is 2.78 bits per heavy atom. The Labute approximate surface area is 112 Å². The summed E-state index contributed by atoms with van der Waals surface area (Å²) in [5, 5.41) is 4.07. The fourth-order valence-electron chi connectivity index (χ4n) is 1.62. The van der Waals surface area contributed by atoms with Crippen molar-refractivity contribution in [2.24, 2.45) is 5.73 Å². The van der Waals surface area contributed by atoms with Gasteiger partial charge in [-0.2, -0.15) is 0 Å². The lowest BCUT2D eigenvalue weighted by Gasteiger charge is -2.29. The molecule has 1 amide bonds. The summed E-state index contributed by atoms with van der Waals surface area (Å²) >= 11 is 1.57. The van der Waals surface area contributed by atoms with Gasteiger partial charge in [-0.3, -0.25) is 9.78 Å². The molecule has 1 atom stereocenters. The van der Waals surface area contributed by atoms with Gasteiger partial charge in [0.15, 0.2) is 0 Å². The standard InChI is InChI=1S/C12H20N4OS/c1-9(2)16-12(3,11(13)17)4-7-18-10-8-14-5-6-15-10/h5-6,8-9,16H,4,7H2,1-3H3,(H2,13,17). The summed E-state index contributed by atoms with van der Waals surface area (Å²) in [7, 11) is 0. The minimum atomic E-state index is -0.677. The average Bonchev–Trinajstić information content (AvgIpc) is 2.29. The number of carbonyl (C=O) groups excluding carboxylic acids is 1. The van der Waals surface area contributed by atoms with E-state index in [2.05, 4.69) is 15.3 Å². The van der Waals surface area contributed by atoms with Crippen LogP contribution in [0.4, 0.5) is 0 Å². The first-order valence-corrected chi connectivity index (χ1v) is 6.89. The molecule has 1 heterocycles. The Balaban J connectivity index is 2.50. The summed E-state index contributed by atoms with van der Waals surface area (Å²) in [6.45, 7) is 5.83. The fourth-order valence-corrected chi connectivity index (χ4v) is 2.61. The molecular formula is C12H20N4OS. The number of aromatic nitrogens is 2. The van der Waals surface area contributed by atoms with Crippen LogP contribution >= 0.6 is 11.8 Å². The van der Waals surface area contributed by atoms with E-state index in [9.17, 15) is 4.79 Å². The van der Waals surface area contributed by atoms with E-state index in [0.29, 0.717) is 6.42 Å². The van der Waals surface area contributed by atoms with Gasteiger partial charge < -0.3 is 11.1 Å². The van der Waals surface area contributed by atoms with Crippen LogP contribution in [-0.4, -0.2) is 33.2 Å². The normalized spacial score (nSPS) is 14.4. The number of nitrogens with two attached hydrogens (primary N) is 1. The van der Waals surface area contributed by atoms with E-state index in [1.807, 2.05) is 20.8 Å². The zero-order valence-corrected chi connectivity index (χ0v) is 11.8. The number of primary amides is 1. The lowest BCUT2D eigenvalue weighted by Crippen LogP contribution is -2.55. The molecule has 0 aromatic carbocycles. The predicted molar refractivity (Wildman–Crippen MR) is 73.2 cm³/mol. The van der Waals surface area contributed by atoms with Crippen molar-refractivity contribution in [2.45, 2.75) is 43.8 Å². The van der Waals surface area contributed by atoms with E-state index in [-0.39, 0.29) is 11.9 Å². The number of thioether (sulfide) groups is 1. The smallest absolute Gasteiger partial charge is 0.237 e. The maximum atomic E-state index is 11.5. The number of nitrogens with zero attached hydrogens (tertiary/aromatic N) is 2. The maximum absolute atomic E-state index is 11.5. The van der Waals surface area contributed by atoms with Crippen LogP contribution in [0.15, 0.2) is 23.6 Å². The number of amides is 1. The van der Waals surface area contributed by atoms with Gasteiger partial charge >= 0.3 is 0 Å². The second kappa shape index (κ2) is 6.70. The highest BCUT2D eigenvalue weighted by Gasteiger charge is 2.30. The zero-order valence-electron chi connectivity index (χ0n) is 11.0. The summed E-state index contributed by atoms with van der Waals surface area (Å²) in [5.41, 5.74) is 4.78. The first-order valence-electron chi connectivity index (χ1n) is 5.90. The van der Waals surface area contributed by atoms with Crippen molar-refractivity contribution >= 4 is 17.7 Å². The number of carbonyl (C=O) groups is 1. The molecule has 0 bridgehead atoms.